The van der Waals surface area contributed by atoms with E-state index >= 15 is 0 Å². The largest absolute Gasteiger partial charge is 0.360 e. The molecule has 6 nitrogen and oxygen atoms in total. The standard InChI is InChI=1S/C10H18N4O2S2/c1-4-11-10-14-13-9(17-10)8(15)12-6-5-7(2)18(3)16/h7H,4-6H2,1-3H3,(H,11,14)(H,12,15). The van der Waals surface area contributed by atoms with Crippen LogP contribution in [0.3, 0.4) is 0 Å². The van der Waals surface area contributed by atoms with Gasteiger partial charge < -0.3 is 10.6 Å². The first-order chi connectivity index (χ1) is 8.54. The molecule has 1 rings (SSSR count). The highest BCUT2D eigenvalue weighted by Gasteiger charge is 2.13. The van der Waals surface area contributed by atoms with Gasteiger partial charge in [-0.1, -0.05) is 18.3 Å². The van der Waals surface area contributed by atoms with Gasteiger partial charge in [0, 0.05) is 35.4 Å². The molecule has 0 spiro atoms. The molecule has 102 valence electrons. The lowest BCUT2D eigenvalue weighted by Crippen LogP contribution is -2.27. The average Bonchev–Trinajstić information content (AvgIpc) is 2.77. The molecule has 0 aromatic carbocycles. The first kappa shape index (κ1) is 15.0. The fourth-order valence-electron chi connectivity index (χ4n) is 1.17. The molecule has 0 fully saturated rings. The molecule has 0 aliphatic heterocycles. The van der Waals surface area contributed by atoms with Gasteiger partial charge in [-0.05, 0) is 13.3 Å². The Kier molecular flexibility index (Phi) is 6.20. The number of carbonyl (C=O) groups excluding carboxylic acids is 1. The van der Waals surface area contributed by atoms with Crippen molar-refractivity contribution in [2.75, 3.05) is 24.7 Å². The highest BCUT2D eigenvalue weighted by molar-refractivity contribution is 7.84. The van der Waals surface area contributed by atoms with Crippen molar-refractivity contribution in [3.63, 3.8) is 0 Å². The Morgan fingerprint density at radius 1 is 1.50 bits per heavy atom. The first-order valence-electron chi connectivity index (χ1n) is 5.72. The maximum absolute atomic E-state index is 11.7. The fraction of sp³-hybridized carbons (Fsp3) is 0.700. The molecule has 0 aliphatic carbocycles. The third kappa shape index (κ3) is 4.69. The Morgan fingerprint density at radius 2 is 2.22 bits per heavy atom. The quantitative estimate of drug-likeness (QED) is 0.778. The van der Waals surface area contributed by atoms with Gasteiger partial charge >= 0.3 is 0 Å². The number of amides is 1. The Balaban J connectivity index is 2.38. The van der Waals surface area contributed by atoms with Crippen LogP contribution in [-0.2, 0) is 10.8 Å². The zero-order valence-electron chi connectivity index (χ0n) is 10.7. The summed E-state index contributed by atoms with van der Waals surface area (Å²) in [5.74, 6) is -0.231. The summed E-state index contributed by atoms with van der Waals surface area (Å²) in [6.45, 7) is 5.09. The molecule has 1 aromatic rings. The van der Waals surface area contributed by atoms with Crippen molar-refractivity contribution in [1.29, 1.82) is 0 Å². The predicted octanol–water partition coefficient (Wildman–Crippen LogP) is 0.857. The second-order valence-electron chi connectivity index (χ2n) is 3.80. The van der Waals surface area contributed by atoms with Gasteiger partial charge in [0.05, 0.1) is 0 Å². The van der Waals surface area contributed by atoms with Crippen LogP contribution in [0.5, 0.6) is 0 Å². The Bertz CT molecular complexity index is 422. The minimum Gasteiger partial charge on any atom is -0.360 e. The van der Waals surface area contributed by atoms with E-state index in [9.17, 15) is 9.00 Å². The van der Waals surface area contributed by atoms with Crippen molar-refractivity contribution in [2.24, 2.45) is 0 Å². The molecule has 2 atom stereocenters. The van der Waals surface area contributed by atoms with Crippen LogP contribution in [0.2, 0.25) is 0 Å². The first-order valence-corrected chi connectivity index (χ1v) is 8.16. The minimum atomic E-state index is -0.855. The van der Waals surface area contributed by atoms with Crippen LogP contribution in [0.4, 0.5) is 5.13 Å². The zero-order valence-corrected chi connectivity index (χ0v) is 12.4. The number of hydrogen-bond donors (Lipinski definition) is 2. The lowest BCUT2D eigenvalue weighted by Gasteiger charge is -2.07. The van der Waals surface area contributed by atoms with Crippen molar-refractivity contribution in [2.45, 2.75) is 25.5 Å². The van der Waals surface area contributed by atoms with Gasteiger partial charge in [0.15, 0.2) is 0 Å². The lowest BCUT2D eigenvalue weighted by molar-refractivity contribution is 0.0952. The molecule has 0 radical (unpaired) electrons. The van der Waals surface area contributed by atoms with Gasteiger partial charge in [0.1, 0.15) is 0 Å². The summed E-state index contributed by atoms with van der Waals surface area (Å²) in [6.07, 6.45) is 2.35. The van der Waals surface area contributed by atoms with Gasteiger partial charge in [-0.2, -0.15) is 0 Å². The molecule has 0 bridgehead atoms. The number of carbonyl (C=O) groups is 1. The topological polar surface area (TPSA) is 84.0 Å². The van der Waals surface area contributed by atoms with Gasteiger partial charge in [-0.15, -0.1) is 10.2 Å². The number of anilines is 1. The zero-order chi connectivity index (χ0) is 13.5. The van der Waals surface area contributed by atoms with Gasteiger partial charge in [0.25, 0.3) is 5.91 Å². The van der Waals surface area contributed by atoms with Crippen LogP contribution in [0.15, 0.2) is 0 Å². The molecule has 0 saturated carbocycles. The summed E-state index contributed by atoms with van der Waals surface area (Å²) >= 11 is 1.23. The number of aromatic nitrogens is 2. The molecule has 2 unspecified atom stereocenters. The molecule has 8 heteroatoms. The summed E-state index contributed by atoms with van der Waals surface area (Å²) in [6, 6.07) is 0. The van der Waals surface area contributed by atoms with Crippen LogP contribution in [0, 0.1) is 0 Å². The highest BCUT2D eigenvalue weighted by Crippen LogP contribution is 2.14. The monoisotopic (exact) mass is 290 g/mol. The second-order valence-corrected chi connectivity index (χ2v) is 6.58. The fourth-order valence-corrected chi connectivity index (χ4v) is 2.35. The number of hydrogen-bond acceptors (Lipinski definition) is 6. The summed E-state index contributed by atoms with van der Waals surface area (Å²) in [5, 5.41) is 14.5. The maximum atomic E-state index is 11.7. The molecule has 0 saturated heterocycles. The van der Waals surface area contributed by atoms with E-state index in [2.05, 4.69) is 20.8 Å². The van der Waals surface area contributed by atoms with E-state index in [4.69, 9.17) is 0 Å². The molecule has 1 aromatic heterocycles. The van der Waals surface area contributed by atoms with Crippen molar-refractivity contribution in [3.8, 4) is 0 Å². The van der Waals surface area contributed by atoms with E-state index in [0.29, 0.717) is 23.1 Å². The highest BCUT2D eigenvalue weighted by atomic mass is 32.2. The number of rotatable bonds is 7. The lowest BCUT2D eigenvalue weighted by atomic mass is 10.3. The van der Waals surface area contributed by atoms with E-state index in [-0.39, 0.29) is 11.2 Å². The number of nitrogens with zero attached hydrogens (tertiary/aromatic N) is 2. The third-order valence-electron chi connectivity index (χ3n) is 2.35. The summed E-state index contributed by atoms with van der Waals surface area (Å²) in [4.78, 5) is 11.7. The maximum Gasteiger partial charge on any atom is 0.282 e. The van der Waals surface area contributed by atoms with E-state index in [1.54, 1.807) is 6.26 Å². The van der Waals surface area contributed by atoms with E-state index in [1.165, 1.54) is 11.3 Å². The van der Waals surface area contributed by atoms with Crippen LogP contribution < -0.4 is 10.6 Å². The van der Waals surface area contributed by atoms with Crippen LogP contribution in [0.1, 0.15) is 30.1 Å². The SMILES string of the molecule is CCNc1nnc(C(=O)NCCC(C)S(C)=O)s1. The summed E-state index contributed by atoms with van der Waals surface area (Å²) < 4.78 is 11.1. The average molecular weight is 290 g/mol. The third-order valence-corrected chi connectivity index (χ3v) is 4.60. The number of nitrogens with one attached hydrogen (secondary N) is 2. The van der Waals surface area contributed by atoms with Gasteiger partial charge in [0.2, 0.25) is 10.1 Å². The van der Waals surface area contributed by atoms with Crippen molar-refractivity contribution in [1.82, 2.24) is 15.5 Å². The molecule has 18 heavy (non-hydrogen) atoms. The van der Waals surface area contributed by atoms with E-state index in [0.717, 1.165) is 6.54 Å². The normalized spacial score (nSPS) is 13.9. The van der Waals surface area contributed by atoms with Crippen LogP contribution in [0.25, 0.3) is 0 Å². The Hall–Kier alpha value is -1.02. The molecule has 1 heterocycles. The Morgan fingerprint density at radius 3 is 2.83 bits per heavy atom. The van der Waals surface area contributed by atoms with Crippen molar-refractivity contribution >= 4 is 33.2 Å². The predicted molar refractivity (Wildman–Crippen MR) is 74.6 cm³/mol. The molecular formula is C10H18N4O2S2. The van der Waals surface area contributed by atoms with Crippen LogP contribution in [-0.4, -0.2) is 44.9 Å². The van der Waals surface area contributed by atoms with E-state index in [1.807, 2.05) is 13.8 Å². The second kappa shape index (κ2) is 7.42. The Labute approximate surface area is 113 Å². The molecule has 2 N–H and O–H groups in total. The summed E-state index contributed by atoms with van der Waals surface area (Å²) in [7, 11) is -0.855. The van der Waals surface area contributed by atoms with Crippen LogP contribution >= 0.6 is 11.3 Å². The van der Waals surface area contributed by atoms with Crippen molar-refractivity contribution in [3.05, 3.63) is 5.01 Å². The smallest absolute Gasteiger partial charge is 0.282 e. The molecule has 0 aliphatic rings. The van der Waals surface area contributed by atoms with Gasteiger partial charge in [-0.25, -0.2) is 0 Å². The van der Waals surface area contributed by atoms with E-state index < -0.39 is 10.8 Å². The van der Waals surface area contributed by atoms with Crippen molar-refractivity contribution < 1.29 is 9.00 Å². The summed E-state index contributed by atoms with van der Waals surface area (Å²) in [5.41, 5.74) is 0. The minimum absolute atomic E-state index is 0.0806. The molecule has 1 amide bonds. The van der Waals surface area contributed by atoms with Gasteiger partial charge in [-0.3, -0.25) is 9.00 Å². The molecular weight excluding hydrogens is 272 g/mol.